The number of benzene rings is 2. The zero-order valence-electron chi connectivity index (χ0n) is 13.8. The Kier molecular flexibility index (Phi) is 3.38. The third-order valence-electron chi connectivity index (χ3n) is 4.56. The van der Waals surface area contributed by atoms with Crippen molar-refractivity contribution < 1.29 is 19.3 Å². The molecule has 0 bridgehead atoms. The number of aromatic nitrogens is 2. The number of nitrogens with one attached hydrogen (secondary N) is 1. The zero-order chi connectivity index (χ0) is 17.6. The van der Waals surface area contributed by atoms with Crippen LogP contribution in [0.3, 0.4) is 0 Å². The maximum Gasteiger partial charge on any atom is 0.405 e. The number of carboxylic acid groups (broad SMARTS) is 1. The monoisotopic (exact) mass is 339 g/mol. The molecule has 1 amide bonds. The van der Waals surface area contributed by atoms with E-state index >= 15 is 0 Å². The number of carbonyl (C=O) groups is 1. The molecule has 4 rings (SSSR count). The van der Waals surface area contributed by atoms with Crippen LogP contribution in [0.15, 0.2) is 41.0 Å². The van der Waals surface area contributed by atoms with E-state index in [9.17, 15) is 4.79 Å². The Morgan fingerprint density at radius 2 is 1.88 bits per heavy atom. The lowest BCUT2D eigenvalue weighted by atomic mass is 9.78. The van der Waals surface area contributed by atoms with Crippen LogP contribution in [0.1, 0.15) is 25.5 Å². The van der Waals surface area contributed by atoms with Crippen LogP contribution in [-0.4, -0.2) is 28.1 Å². The molecule has 2 N–H and O–H groups in total. The van der Waals surface area contributed by atoms with E-state index in [4.69, 9.17) is 14.5 Å². The predicted molar refractivity (Wildman–Crippen MR) is 90.4 cm³/mol. The quantitative estimate of drug-likeness (QED) is 0.740. The summed E-state index contributed by atoms with van der Waals surface area (Å²) >= 11 is 0. The molecule has 0 saturated carbocycles. The molecule has 0 radical (unpaired) electrons. The second-order valence-electron chi connectivity index (χ2n) is 6.88. The minimum Gasteiger partial charge on any atom is -0.493 e. The van der Waals surface area contributed by atoms with Gasteiger partial charge in [-0.2, -0.15) is 0 Å². The molecule has 3 aromatic rings. The highest BCUT2D eigenvalue weighted by molar-refractivity contribution is 5.81. The van der Waals surface area contributed by atoms with Gasteiger partial charge in [-0.15, -0.1) is 0 Å². The van der Waals surface area contributed by atoms with E-state index in [-0.39, 0.29) is 11.5 Å². The fourth-order valence-corrected chi connectivity index (χ4v) is 3.20. The van der Waals surface area contributed by atoms with Gasteiger partial charge in [0.2, 0.25) is 0 Å². The van der Waals surface area contributed by atoms with Gasteiger partial charge in [0.25, 0.3) is 0 Å². The summed E-state index contributed by atoms with van der Waals surface area (Å²) in [5, 5.41) is 19.4. The summed E-state index contributed by atoms with van der Waals surface area (Å²) < 4.78 is 10.6. The number of hydrogen-bond donors (Lipinski definition) is 2. The van der Waals surface area contributed by atoms with Crippen LogP contribution in [-0.2, 0) is 0 Å². The summed E-state index contributed by atoms with van der Waals surface area (Å²) in [6.45, 7) is 4.40. The molecule has 0 spiro atoms. The van der Waals surface area contributed by atoms with Gasteiger partial charge in [0.15, 0.2) is 0 Å². The van der Waals surface area contributed by atoms with E-state index in [0.29, 0.717) is 23.4 Å². The summed E-state index contributed by atoms with van der Waals surface area (Å²) in [5.41, 5.74) is 3.80. The number of rotatable bonds is 2. The van der Waals surface area contributed by atoms with Crippen LogP contribution >= 0.6 is 0 Å². The molecule has 1 atom stereocenters. The molecule has 1 aromatic heterocycles. The van der Waals surface area contributed by atoms with Crippen molar-refractivity contribution in [2.45, 2.75) is 19.9 Å². The number of amides is 1. The molecule has 128 valence electrons. The molecule has 25 heavy (non-hydrogen) atoms. The van der Waals surface area contributed by atoms with Crippen molar-refractivity contribution in [1.29, 1.82) is 0 Å². The number of hydrogen-bond acceptors (Lipinski definition) is 5. The molecule has 0 fully saturated rings. The minimum atomic E-state index is -1.04. The Bertz CT molecular complexity index is 964. The van der Waals surface area contributed by atoms with Gasteiger partial charge >= 0.3 is 6.09 Å². The van der Waals surface area contributed by atoms with Gasteiger partial charge in [-0.3, -0.25) is 0 Å². The minimum absolute atomic E-state index is 0.329. The van der Waals surface area contributed by atoms with Crippen molar-refractivity contribution in [2.75, 3.05) is 6.61 Å². The second-order valence-corrected chi connectivity index (χ2v) is 6.88. The number of nitrogens with zero attached hydrogens (tertiary/aromatic N) is 2. The third kappa shape index (κ3) is 2.67. The Morgan fingerprint density at radius 1 is 1.16 bits per heavy atom. The summed E-state index contributed by atoms with van der Waals surface area (Å²) in [6.07, 6.45) is -1.04. The number of fused-ring (bicyclic) bond motifs is 2. The van der Waals surface area contributed by atoms with E-state index in [1.165, 1.54) is 0 Å². The normalized spacial score (nSPS) is 18.4. The van der Waals surface area contributed by atoms with Crippen molar-refractivity contribution in [3.63, 3.8) is 0 Å². The van der Waals surface area contributed by atoms with Gasteiger partial charge in [-0.1, -0.05) is 32.0 Å². The van der Waals surface area contributed by atoms with Crippen LogP contribution in [0.5, 0.6) is 5.75 Å². The van der Waals surface area contributed by atoms with Crippen LogP contribution in [0.4, 0.5) is 4.79 Å². The summed E-state index contributed by atoms with van der Waals surface area (Å²) in [7, 11) is 0. The first kappa shape index (κ1) is 15.4. The Morgan fingerprint density at radius 3 is 2.68 bits per heavy atom. The summed E-state index contributed by atoms with van der Waals surface area (Å²) in [6, 6.07) is 11.1. The third-order valence-corrected chi connectivity index (χ3v) is 4.56. The largest absolute Gasteiger partial charge is 0.493 e. The Hall–Kier alpha value is -3.09. The van der Waals surface area contributed by atoms with E-state index in [2.05, 4.69) is 15.6 Å². The second kappa shape index (κ2) is 5.47. The topological polar surface area (TPSA) is 97.5 Å². The lowest BCUT2D eigenvalue weighted by molar-refractivity contribution is 0.0996. The van der Waals surface area contributed by atoms with Gasteiger partial charge in [-0.25, -0.2) is 9.42 Å². The van der Waals surface area contributed by atoms with Crippen LogP contribution in [0, 0.1) is 5.41 Å². The zero-order valence-corrected chi connectivity index (χ0v) is 13.8. The summed E-state index contributed by atoms with van der Waals surface area (Å²) in [5.74, 6) is 0.689. The fourth-order valence-electron chi connectivity index (χ4n) is 3.20. The van der Waals surface area contributed by atoms with Crippen molar-refractivity contribution in [2.24, 2.45) is 5.41 Å². The van der Waals surface area contributed by atoms with Crippen LogP contribution in [0.25, 0.3) is 22.2 Å². The molecule has 0 aliphatic carbocycles. The smallest absolute Gasteiger partial charge is 0.405 e. The highest BCUT2D eigenvalue weighted by Crippen LogP contribution is 2.44. The van der Waals surface area contributed by atoms with Crippen molar-refractivity contribution in [3.8, 4) is 16.9 Å². The van der Waals surface area contributed by atoms with Gasteiger partial charge in [-0.05, 0) is 39.6 Å². The van der Waals surface area contributed by atoms with Crippen molar-refractivity contribution in [3.05, 3.63) is 42.0 Å². The molecule has 7 nitrogen and oxygen atoms in total. The van der Waals surface area contributed by atoms with E-state index < -0.39 is 6.09 Å². The van der Waals surface area contributed by atoms with Gasteiger partial charge in [0.05, 0.1) is 12.6 Å². The van der Waals surface area contributed by atoms with Gasteiger partial charge in [0, 0.05) is 11.0 Å². The average Bonchev–Trinajstić information content (AvgIpc) is 3.04. The predicted octanol–water partition coefficient (Wildman–Crippen LogP) is 3.62. The molecular formula is C18H17N3O4. The molecule has 2 heterocycles. The molecule has 1 unspecified atom stereocenters. The lowest BCUT2D eigenvalue weighted by Gasteiger charge is -2.39. The van der Waals surface area contributed by atoms with E-state index in [1.807, 2.05) is 50.2 Å². The SMILES string of the molecule is CC1(C)COc2cc(-c3ccc4nonc4c3)ccc2C1NC(=O)O. The first-order chi connectivity index (χ1) is 11.9. The standard InChI is InChI=1S/C18H17N3O4/c1-18(2)9-24-15-8-11(3-5-12(15)16(18)19-17(22)23)10-4-6-13-14(7-10)21-25-20-13/h3-8,16,19H,9H2,1-2H3,(H,22,23). The molecular weight excluding hydrogens is 322 g/mol. The molecule has 1 aliphatic heterocycles. The summed E-state index contributed by atoms with van der Waals surface area (Å²) in [4.78, 5) is 11.2. The highest BCUT2D eigenvalue weighted by atomic mass is 16.6. The van der Waals surface area contributed by atoms with E-state index in [1.54, 1.807) is 0 Å². The molecule has 1 aliphatic rings. The first-order valence-corrected chi connectivity index (χ1v) is 7.93. The first-order valence-electron chi connectivity index (χ1n) is 7.93. The lowest BCUT2D eigenvalue weighted by Crippen LogP contribution is -2.43. The molecule has 2 aromatic carbocycles. The van der Waals surface area contributed by atoms with Crippen LogP contribution < -0.4 is 10.1 Å². The van der Waals surface area contributed by atoms with E-state index in [0.717, 1.165) is 16.7 Å². The maximum atomic E-state index is 11.2. The average molecular weight is 339 g/mol. The fraction of sp³-hybridized carbons (Fsp3) is 0.278. The maximum absolute atomic E-state index is 11.2. The number of ether oxygens (including phenoxy) is 1. The van der Waals surface area contributed by atoms with Gasteiger partial charge < -0.3 is 15.2 Å². The highest BCUT2D eigenvalue weighted by Gasteiger charge is 2.38. The Labute approximate surface area is 143 Å². The van der Waals surface area contributed by atoms with Crippen molar-refractivity contribution in [1.82, 2.24) is 15.6 Å². The van der Waals surface area contributed by atoms with Gasteiger partial charge in [0.1, 0.15) is 16.8 Å². The van der Waals surface area contributed by atoms with Crippen molar-refractivity contribution >= 4 is 17.1 Å². The molecule has 7 heteroatoms. The molecule has 0 saturated heterocycles. The van der Waals surface area contributed by atoms with Crippen LogP contribution in [0.2, 0.25) is 0 Å². The Balaban J connectivity index is 1.75.